The molecule has 0 fully saturated rings. The van der Waals surface area contributed by atoms with Gasteiger partial charge in [0.05, 0.1) is 5.69 Å². The van der Waals surface area contributed by atoms with Gasteiger partial charge in [-0.15, -0.1) is 0 Å². The summed E-state index contributed by atoms with van der Waals surface area (Å²) in [5.74, 6) is 1.08. The number of nitrogens with zero attached hydrogens (tertiary/aromatic N) is 3. The van der Waals surface area contributed by atoms with Gasteiger partial charge in [0.25, 0.3) is 0 Å². The normalized spacial score (nSPS) is 23.8. The average molecular weight is 293 g/mol. The van der Waals surface area contributed by atoms with Gasteiger partial charge >= 0.3 is 0 Å². The van der Waals surface area contributed by atoms with Gasteiger partial charge in [0.15, 0.2) is 5.82 Å². The van der Waals surface area contributed by atoms with Crippen LogP contribution in [0.1, 0.15) is 33.3 Å². The lowest BCUT2D eigenvalue weighted by atomic mass is 9.59. The van der Waals surface area contributed by atoms with Crippen molar-refractivity contribution in [3.63, 3.8) is 0 Å². The summed E-state index contributed by atoms with van der Waals surface area (Å²) in [6, 6.07) is 13.0. The van der Waals surface area contributed by atoms with E-state index in [-0.39, 0.29) is 17.0 Å². The van der Waals surface area contributed by atoms with Gasteiger partial charge in [-0.2, -0.15) is 0 Å². The highest BCUT2D eigenvalue weighted by molar-refractivity contribution is 5.84. The van der Waals surface area contributed by atoms with E-state index >= 15 is 0 Å². The van der Waals surface area contributed by atoms with Crippen LogP contribution in [0.2, 0.25) is 0 Å². The van der Waals surface area contributed by atoms with Gasteiger partial charge in [-0.05, 0) is 23.8 Å². The zero-order chi connectivity index (χ0) is 15.7. The van der Waals surface area contributed by atoms with Crippen LogP contribution in [0.15, 0.2) is 42.6 Å². The molecule has 0 N–H and O–H groups in total. The van der Waals surface area contributed by atoms with E-state index in [1.807, 2.05) is 12.3 Å². The number of benzene rings is 1. The maximum Gasteiger partial charge on any atom is 0.158 e. The Balaban J connectivity index is 2.06. The van der Waals surface area contributed by atoms with Crippen molar-refractivity contribution in [2.75, 3.05) is 16.8 Å². The van der Waals surface area contributed by atoms with E-state index in [1.165, 1.54) is 16.9 Å². The highest BCUT2D eigenvalue weighted by atomic mass is 15.4. The largest absolute Gasteiger partial charge is 0.350 e. The zero-order valence-corrected chi connectivity index (χ0v) is 14.0. The molecule has 1 atom stereocenters. The van der Waals surface area contributed by atoms with Gasteiger partial charge in [0, 0.05) is 29.8 Å². The topological polar surface area (TPSA) is 19.4 Å². The fraction of sp³-hybridized carbons (Fsp3) is 0.421. The average Bonchev–Trinajstić information content (AvgIpc) is 2.80. The third kappa shape index (κ3) is 1.39. The van der Waals surface area contributed by atoms with Gasteiger partial charge in [-0.1, -0.05) is 45.9 Å². The molecular weight excluding hydrogens is 270 g/mol. The van der Waals surface area contributed by atoms with Crippen molar-refractivity contribution in [2.45, 2.75) is 39.3 Å². The van der Waals surface area contributed by atoms with Crippen LogP contribution in [0.5, 0.6) is 0 Å². The molecule has 0 saturated heterocycles. The van der Waals surface area contributed by atoms with Crippen molar-refractivity contribution in [1.29, 1.82) is 0 Å². The third-order valence-electron chi connectivity index (χ3n) is 6.08. The summed E-state index contributed by atoms with van der Waals surface area (Å²) in [5.41, 5.74) is 4.08. The molecule has 1 aromatic heterocycles. The smallest absolute Gasteiger partial charge is 0.158 e. The molecule has 0 saturated carbocycles. The molecule has 0 amide bonds. The third-order valence-corrected chi connectivity index (χ3v) is 6.08. The summed E-state index contributed by atoms with van der Waals surface area (Å²) < 4.78 is 0. The lowest BCUT2D eigenvalue weighted by Crippen LogP contribution is -2.60. The minimum Gasteiger partial charge on any atom is -0.350 e. The van der Waals surface area contributed by atoms with Gasteiger partial charge in [-0.3, -0.25) is 0 Å². The molecule has 1 unspecified atom stereocenters. The summed E-state index contributed by atoms with van der Waals surface area (Å²) in [7, 11) is 2.19. The van der Waals surface area contributed by atoms with Crippen LogP contribution in [0.25, 0.3) is 0 Å². The van der Waals surface area contributed by atoms with Crippen molar-refractivity contribution in [3.8, 4) is 0 Å². The Bertz CT molecular complexity index is 748. The molecule has 0 radical (unpaired) electrons. The van der Waals surface area contributed by atoms with E-state index in [4.69, 9.17) is 4.98 Å². The Hall–Kier alpha value is -2.03. The Morgan fingerprint density at radius 2 is 1.64 bits per heavy atom. The molecule has 0 bridgehead atoms. The molecule has 114 valence electrons. The fourth-order valence-electron chi connectivity index (χ4n) is 4.20. The van der Waals surface area contributed by atoms with Crippen LogP contribution in [0.3, 0.4) is 0 Å². The summed E-state index contributed by atoms with van der Waals surface area (Å²) in [5, 5.41) is 0. The second-order valence-corrected chi connectivity index (χ2v) is 7.56. The molecule has 0 spiro atoms. The predicted octanol–water partition coefficient (Wildman–Crippen LogP) is 4.31. The molecule has 3 heteroatoms. The van der Waals surface area contributed by atoms with Crippen molar-refractivity contribution in [3.05, 3.63) is 48.2 Å². The van der Waals surface area contributed by atoms with E-state index in [0.717, 1.165) is 5.82 Å². The molecule has 4 rings (SSSR count). The number of pyridine rings is 1. The maximum absolute atomic E-state index is 4.69. The van der Waals surface area contributed by atoms with Crippen molar-refractivity contribution < 1.29 is 0 Å². The maximum atomic E-state index is 4.69. The number of fused-ring (bicyclic) bond motifs is 5. The molecule has 0 aliphatic carbocycles. The van der Waals surface area contributed by atoms with Gasteiger partial charge in [0.1, 0.15) is 6.17 Å². The first-order valence-electron chi connectivity index (χ1n) is 7.94. The first-order chi connectivity index (χ1) is 10.4. The number of hydrogen-bond acceptors (Lipinski definition) is 3. The second-order valence-electron chi connectivity index (χ2n) is 7.56. The standard InChI is InChI=1S/C19H23N3/c1-18(2)13-9-6-7-10-14(13)22-16-15(11-8-12-20-16)21(5)17(22)19(18,3)4/h6-12,17H,1-5H3. The Morgan fingerprint density at radius 3 is 2.41 bits per heavy atom. The van der Waals surface area contributed by atoms with Crippen LogP contribution >= 0.6 is 0 Å². The zero-order valence-electron chi connectivity index (χ0n) is 14.0. The highest BCUT2D eigenvalue weighted by Gasteiger charge is 2.56. The molecule has 2 aromatic rings. The number of para-hydroxylation sites is 1. The lowest BCUT2D eigenvalue weighted by Gasteiger charge is -2.55. The molecule has 1 aromatic carbocycles. The minimum absolute atomic E-state index is 0.0802. The van der Waals surface area contributed by atoms with Crippen LogP contribution in [0, 0.1) is 5.41 Å². The lowest BCUT2D eigenvalue weighted by molar-refractivity contribution is 0.143. The predicted molar refractivity (Wildman–Crippen MR) is 91.8 cm³/mol. The number of rotatable bonds is 0. The van der Waals surface area contributed by atoms with E-state index in [0.29, 0.717) is 0 Å². The quantitative estimate of drug-likeness (QED) is 0.721. The van der Waals surface area contributed by atoms with Crippen LogP contribution in [-0.2, 0) is 5.41 Å². The minimum atomic E-state index is 0.0802. The van der Waals surface area contributed by atoms with Gasteiger partial charge in [-0.25, -0.2) is 4.98 Å². The Morgan fingerprint density at radius 1 is 0.955 bits per heavy atom. The summed E-state index contributed by atoms with van der Waals surface area (Å²) in [6.45, 7) is 9.49. The van der Waals surface area contributed by atoms with Crippen molar-refractivity contribution in [1.82, 2.24) is 4.98 Å². The highest BCUT2D eigenvalue weighted by Crippen LogP contribution is 2.59. The molecule has 2 aliphatic heterocycles. The van der Waals surface area contributed by atoms with E-state index in [1.54, 1.807) is 0 Å². The first-order valence-corrected chi connectivity index (χ1v) is 7.94. The fourth-order valence-corrected chi connectivity index (χ4v) is 4.20. The SMILES string of the molecule is CN1c2cccnc2N2c3ccccc3C(C)(C)C(C)(C)C12. The van der Waals surface area contributed by atoms with Crippen LogP contribution in [-0.4, -0.2) is 18.2 Å². The Kier molecular flexibility index (Phi) is 2.50. The van der Waals surface area contributed by atoms with Crippen LogP contribution < -0.4 is 9.80 Å². The number of anilines is 3. The molecular formula is C19H23N3. The second kappa shape index (κ2) is 4.03. The summed E-state index contributed by atoms with van der Waals surface area (Å²) in [6.07, 6.45) is 2.17. The van der Waals surface area contributed by atoms with Crippen molar-refractivity contribution in [2.24, 2.45) is 5.41 Å². The first kappa shape index (κ1) is 13.6. The number of hydrogen-bond donors (Lipinski definition) is 0. The molecule has 22 heavy (non-hydrogen) atoms. The van der Waals surface area contributed by atoms with E-state index in [2.05, 4.69) is 74.9 Å². The summed E-state index contributed by atoms with van der Waals surface area (Å²) >= 11 is 0. The van der Waals surface area contributed by atoms with Gasteiger partial charge in [0.2, 0.25) is 0 Å². The van der Waals surface area contributed by atoms with Crippen molar-refractivity contribution >= 4 is 17.2 Å². The monoisotopic (exact) mass is 293 g/mol. The van der Waals surface area contributed by atoms with E-state index in [9.17, 15) is 0 Å². The molecule has 3 heterocycles. The molecule has 2 aliphatic rings. The summed E-state index contributed by atoms with van der Waals surface area (Å²) in [4.78, 5) is 9.51. The molecule has 3 nitrogen and oxygen atoms in total. The van der Waals surface area contributed by atoms with Crippen LogP contribution in [0.4, 0.5) is 17.2 Å². The van der Waals surface area contributed by atoms with Gasteiger partial charge < -0.3 is 9.80 Å². The number of aromatic nitrogens is 1. The van der Waals surface area contributed by atoms with E-state index < -0.39 is 0 Å². The Labute approximate surface area is 132 Å².